The molecular formula is C28H21F6N3O. The van der Waals surface area contributed by atoms with Gasteiger partial charge in [-0.3, -0.25) is 4.98 Å². The predicted octanol–water partition coefficient (Wildman–Crippen LogP) is 7.43. The molecule has 0 aliphatic rings. The molecule has 4 rings (SSSR count). The fraction of sp³-hybridized carbons (Fsp3) is 0.143. The number of carbonyl (C=O) groups excluding carboxylic acids is 1. The van der Waals surface area contributed by atoms with E-state index in [4.69, 9.17) is 0 Å². The van der Waals surface area contributed by atoms with Crippen LogP contribution in [-0.2, 0) is 24.3 Å². The molecule has 38 heavy (non-hydrogen) atoms. The molecule has 0 fully saturated rings. The first-order valence-electron chi connectivity index (χ1n) is 11.4. The zero-order valence-corrected chi connectivity index (χ0v) is 19.6. The first kappa shape index (κ1) is 26.7. The number of anilines is 1. The van der Waals surface area contributed by atoms with Gasteiger partial charge in [0.2, 0.25) is 0 Å². The van der Waals surface area contributed by atoms with Crippen molar-refractivity contribution >= 4 is 11.7 Å². The monoisotopic (exact) mass is 529 g/mol. The minimum absolute atomic E-state index is 0.0412. The quantitative estimate of drug-likeness (QED) is 0.255. The second-order valence-corrected chi connectivity index (χ2v) is 8.48. The summed E-state index contributed by atoms with van der Waals surface area (Å²) in [7, 11) is 0. The Morgan fingerprint density at radius 3 is 2.03 bits per heavy atom. The molecule has 3 aromatic carbocycles. The molecule has 0 aliphatic carbocycles. The third-order valence-electron chi connectivity index (χ3n) is 5.90. The van der Waals surface area contributed by atoms with Gasteiger partial charge in [-0.2, -0.15) is 26.3 Å². The molecule has 196 valence electrons. The van der Waals surface area contributed by atoms with Gasteiger partial charge in [0.25, 0.3) is 0 Å². The number of hydrogen-bond acceptors (Lipinski definition) is 2. The number of nitrogens with zero attached hydrogens (tertiary/aromatic N) is 1. The fourth-order valence-electron chi connectivity index (χ4n) is 4.19. The molecule has 1 heterocycles. The maximum atomic E-state index is 13.7. The zero-order chi connectivity index (χ0) is 27.4. The molecule has 2 amide bonds. The van der Waals surface area contributed by atoms with E-state index < -0.39 is 40.7 Å². The van der Waals surface area contributed by atoms with Gasteiger partial charge in [-0.25, -0.2) is 4.79 Å². The van der Waals surface area contributed by atoms with E-state index in [1.54, 1.807) is 42.5 Å². The van der Waals surface area contributed by atoms with Crippen LogP contribution in [0.1, 0.15) is 27.9 Å². The Balaban J connectivity index is 1.86. The summed E-state index contributed by atoms with van der Waals surface area (Å²) in [6, 6.07) is 21.2. The Kier molecular flexibility index (Phi) is 7.43. The van der Waals surface area contributed by atoms with E-state index in [9.17, 15) is 31.1 Å². The van der Waals surface area contributed by atoms with Crippen molar-refractivity contribution in [1.82, 2.24) is 10.3 Å². The summed E-state index contributed by atoms with van der Waals surface area (Å²) in [6.07, 6.45) is -8.04. The topological polar surface area (TPSA) is 54.0 Å². The van der Waals surface area contributed by atoms with Crippen molar-refractivity contribution in [3.63, 3.8) is 0 Å². The Hall–Kier alpha value is -4.34. The standard InChI is InChI=1S/C28H21F6N3O/c29-27(30,31)21-12-8-11-20(17-21)26(24-15-6-7-16-35-24,18-19-9-2-1-3-10-19)37-25(38)36-23-14-5-4-13-22(23)28(32,33)34/h1-17H,18H2,(H2,36,37,38). The van der Waals surface area contributed by atoms with Crippen LogP contribution in [0, 0.1) is 0 Å². The first-order chi connectivity index (χ1) is 18.0. The van der Waals surface area contributed by atoms with Gasteiger partial charge < -0.3 is 10.6 Å². The molecule has 10 heteroatoms. The maximum absolute atomic E-state index is 13.7. The fourth-order valence-corrected chi connectivity index (χ4v) is 4.19. The van der Waals surface area contributed by atoms with Crippen LogP contribution < -0.4 is 10.6 Å². The number of benzene rings is 3. The number of carbonyl (C=O) groups is 1. The lowest BCUT2D eigenvalue weighted by Crippen LogP contribution is -2.50. The highest BCUT2D eigenvalue weighted by Crippen LogP contribution is 2.38. The largest absolute Gasteiger partial charge is 0.418 e. The Bertz CT molecular complexity index is 1390. The molecule has 1 aromatic heterocycles. The Labute approximate surface area is 214 Å². The number of pyridine rings is 1. The molecule has 4 nitrogen and oxygen atoms in total. The lowest BCUT2D eigenvalue weighted by atomic mass is 9.80. The van der Waals surface area contributed by atoms with Crippen molar-refractivity contribution in [2.75, 3.05) is 5.32 Å². The molecule has 0 spiro atoms. The summed E-state index contributed by atoms with van der Waals surface area (Å²) in [5, 5.41) is 4.89. The van der Waals surface area contributed by atoms with Crippen molar-refractivity contribution in [3.05, 3.63) is 131 Å². The number of urea groups is 1. The Morgan fingerprint density at radius 1 is 0.711 bits per heavy atom. The van der Waals surface area contributed by atoms with Crippen LogP contribution in [-0.4, -0.2) is 11.0 Å². The summed E-state index contributed by atoms with van der Waals surface area (Å²) in [5.74, 6) is 0. The van der Waals surface area contributed by atoms with E-state index in [1.165, 1.54) is 36.5 Å². The zero-order valence-electron chi connectivity index (χ0n) is 19.6. The molecular weight excluding hydrogens is 508 g/mol. The molecule has 0 saturated heterocycles. The summed E-state index contributed by atoms with van der Waals surface area (Å²) in [6.45, 7) is 0. The number of amides is 2. The number of para-hydroxylation sites is 1. The van der Waals surface area contributed by atoms with E-state index in [0.29, 0.717) is 5.56 Å². The van der Waals surface area contributed by atoms with Gasteiger partial charge in [0.15, 0.2) is 0 Å². The number of hydrogen-bond donors (Lipinski definition) is 2. The van der Waals surface area contributed by atoms with Gasteiger partial charge in [0.05, 0.1) is 22.5 Å². The third-order valence-corrected chi connectivity index (χ3v) is 5.90. The highest BCUT2D eigenvalue weighted by atomic mass is 19.4. The number of aromatic nitrogens is 1. The van der Waals surface area contributed by atoms with Crippen LogP contribution in [0.2, 0.25) is 0 Å². The third kappa shape index (κ3) is 5.96. The summed E-state index contributed by atoms with van der Waals surface area (Å²) in [4.78, 5) is 17.6. The highest BCUT2D eigenvalue weighted by Gasteiger charge is 2.41. The average Bonchev–Trinajstić information content (AvgIpc) is 2.88. The van der Waals surface area contributed by atoms with E-state index in [1.807, 2.05) is 0 Å². The summed E-state index contributed by atoms with van der Waals surface area (Å²) >= 11 is 0. The molecule has 0 saturated carbocycles. The van der Waals surface area contributed by atoms with E-state index in [-0.39, 0.29) is 17.7 Å². The van der Waals surface area contributed by atoms with Crippen molar-refractivity contribution in [1.29, 1.82) is 0 Å². The smallest absolute Gasteiger partial charge is 0.322 e. The average molecular weight is 529 g/mol. The van der Waals surface area contributed by atoms with Gasteiger partial charge in [-0.15, -0.1) is 0 Å². The first-order valence-corrected chi connectivity index (χ1v) is 11.4. The van der Waals surface area contributed by atoms with Crippen molar-refractivity contribution in [3.8, 4) is 0 Å². The van der Waals surface area contributed by atoms with Crippen LogP contribution in [0.25, 0.3) is 0 Å². The molecule has 0 aliphatic heterocycles. The molecule has 2 N–H and O–H groups in total. The number of halogens is 6. The van der Waals surface area contributed by atoms with Crippen LogP contribution in [0.3, 0.4) is 0 Å². The summed E-state index contributed by atoms with van der Waals surface area (Å²) < 4.78 is 81.6. The van der Waals surface area contributed by atoms with Crippen LogP contribution >= 0.6 is 0 Å². The van der Waals surface area contributed by atoms with Crippen molar-refractivity contribution in [2.45, 2.75) is 24.3 Å². The van der Waals surface area contributed by atoms with E-state index in [2.05, 4.69) is 15.6 Å². The molecule has 4 aromatic rings. The van der Waals surface area contributed by atoms with E-state index >= 15 is 0 Å². The van der Waals surface area contributed by atoms with Gasteiger partial charge in [-0.05, 0) is 47.5 Å². The van der Waals surface area contributed by atoms with Crippen LogP contribution in [0.4, 0.5) is 36.8 Å². The minimum Gasteiger partial charge on any atom is -0.322 e. The second-order valence-electron chi connectivity index (χ2n) is 8.48. The van der Waals surface area contributed by atoms with E-state index in [0.717, 1.165) is 24.3 Å². The lowest BCUT2D eigenvalue weighted by molar-refractivity contribution is -0.138. The predicted molar refractivity (Wildman–Crippen MR) is 130 cm³/mol. The minimum atomic E-state index is -4.74. The molecule has 1 unspecified atom stereocenters. The van der Waals surface area contributed by atoms with Crippen LogP contribution in [0.15, 0.2) is 103 Å². The van der Waals surface area contributed by atoms with Gasteiger partial charge in [0, 0.05) is 12.6 Å². The molecule has 0 bridgehead atoms. The van der Waals surface area contributed by atoms with Crippen molar-refractivity contribution in [2.24, 2.45) is 0 Å². The normalized spacial score (nSPS) is 13.4. The van der Waals surface area contributed by atoms with Crippen molar-refractivity contribution < 1.29 is 31.1 Å². The second kappa shape index (κ2) is 10.6. The SMILES string of the molecule is O=C(Nc1ccccc1C(F)(F)F)NC(Cc1ccccc1)(c1cccc(C(F)(F)F)c1)c1ccccn1. The van der Waals surface area contributed by atoms with Gasteiger partial charge in [0.1, 0.15) is 5.54 Å². The number of rotatable bonds is 6. The number of alkyl halides is 6. The summed E-state index contributed by atoms with van der Waals surface area (Å²) in [5.41, 5.74) is -3.31. The molecule has 1 atom stereocenters. The molecule has 0 radical (unpaired) electrons. The van der Waals surface area contributed by atoms with Crippen LogP contribution in [0.5, 0.6) is 0 Å². The Morgan fingerprint density at radius 2 is 1.37 bits per heavy atom. The highest BCUT2D eigenvalue weighted by molar-refractivity contribution is 5.91. The lowest BCUT2D eigenvalue weighted by Gasteiger charge is -2.36. The number of nitrogens with one attached hydrogen (secondary N) is 2. The van der Waals surface area contributed by atoms with Gasteiger partial charge >= 0.3 is 18.4 Å². The van der Waals surface area contributed by atoms with Gasteiger partial charge in [-0.1, -0.05) is 60.7 Å². The maximum Gasteiger partial charge on any atom is 0.418 e.